The monoisotopic (exact) mass is 264 g/mol. The smallest absolute Gasteiger partial charge is 0.135 e. The van der Waals surface area contributed by atoms with Crippen LogP contribution in [0.25, 0.3) is 0 Å². The van der Waals surface area contributed by atoms with Gasteiger partial charge in [-0.1, -0.05) is 19.4 Å². The van der Waals surface area contributed by atoms with Crippen LogP contribution in [-0.2, 0) is 11.2 Å². The molecule has 1 nitrogen and oxygen atoms in total. The lowest BCUT2D eigenvalue weighted by Crippen LogP contribution is -2.21. The zero-order chi connectivity index (χ0) is 12.8. The molecule has 0 N–H and O–H groups in total. The van der Waals surface area contributed by atoms with Gasteiger partial charge in [-0.15, -0.1) is 11.3 Å². The molecule has 100 valence electrons. The maximum absolute atomic E-state index is 12.1. The third kappa shape index (κ3) is 3.94. The van der Waals surface area contributed by atoms with E-state index in [4.69, 9.17) is 0 Å². The molecule has 1 aromatic heterocycles. The molecular formula is C16H24OS. The lowest BCUT2D eigenvalue weighted by molar-refractivity contribution is -0.124. The summed E-state index contributed by atoms with van der Waals surface area (Å²) >= 11 is 1.80. The van der Waals surface area contributed by atoms with Crippen LogP contribution in [-0.4, -0.2) is 5.78 Å². The normalized spacial score (nSPS) is 24.1. The molecule has 1 saturated carbocycles. The summed E-state index contributed by atoms with van der Waals surface area (Å²) in [5.41, 5.74) is 0. The second kappa shape index (κ2) is 7.08. The molecule has 0 atom stereocenters. The minimum atomic E-state index is 0.385. The molecule has 1 heterocycles. The molecule has 0 saturated heterocycles. The highest BCUT2D eigenvalue weighted by molar-refractivity contribution is 7.09. The Kier molecular flexibility index (Phi) is 5.43. The average molecular weight is 264 g/mol. The van der Waals surface area contributed by atoms with Crippen molar-refractivity contribution in [3.8, 4) is 0 Å². The lowest BCUT2D eigenvalue weighted by Gasteiger charge is -2.26. The number of carbonyl (C=O) groups excluding carboxylic acids is 1. The van der Waals surface area contributed by atoms with Crippen molar-refractivity contribution in [2.45, 2.75) is 58.3 Å². The number of carbonyl (C=O) groups is 1. The average Bonchev–Trinajstić information content (AvgIpc) is 2.92. The predicted octanol–water partition coefficient (Wildman–Crippen LogP) is 4.86. The van der Waals surface area contributed by atoms with Crippen LogP contribution in [0.15, 0.2) is 17.5 Å². The highest BCUT2D eigenvalue weighted by Crippen LogP contribution is 2.31. The fraction of sp³-hybridized carbons (Fsp3) is 0.688. The molecule has 2 rings (SSSR count). The van der Waals surface area contributed by atoms with Crippen LogP contribution in [0.1, 0.15) is 56.7 Å². The van der Waals surface area contributed by atoms with Gasteiger partial charge < -0.3 is 0 Å². The van der Waals surface area contributed by atoms with Crippen LogP contribution in [0.2, 0.25) is 0 Å². The van der Waals surface area contributed by atoms with Crippen LogP contribution in [0, 0.1) is 11.8 Å². The first-order valence-electron chi connectivity index (χ1n) is 7.34. The maximum atomic E-state index is 12.1. The fourth-order valence-electron chi connectivity index (χ4n) is 2.99. The van der Waals surface area contributed by atoms with Crippen molar-refractivity contribution in [3.05, 3.63) is 22.4 Å². The Morgan fingerprint density at radius 1 is 1.33 bits per heavy atom. The van der Waals surface area contributed by atoms with Gasteiger partial charge in [-0.05, 0) is 55.9 Å². The summed E-state index contributed by atoms with van der Waals surface area (Å²) in [6.07, 6.45) is 9.04. The van der Waals surface area contributed by atoms with E-state index in [0.29, 0.717) is 11.7 Å². The van der Waals surface area contributed by atoms with E-state index in [9.17, 15) is 4.79 Å². The minimum Gasteiger partial charge on any atom is -0.299 e. The quantitative estimate of drug-likeness (QED) is 0.717. The number of hydrogen-bond donors (Lipinski definition) is 0. The van der Waals surface area contributed by atoms with Crippen molar-refractivity contribution in [3.63, 3.8) is 0 Å². The molecule has 0 spiro atoms. The van der Waals surface area contributed by atoms with Gasteiger partial charge in [0.25, 0.3) is 0 Å². The van der Waals surface area contributed by atoms with Gasteiger partial charge in [-0.2, -0.15) is 0 Å². The van der Waals surface area contributed by atoms with Gasteiger partial charge in [0.05, 0.1) is 0 Å². The van der Waals surface area contributed by atoms with Crippen LogP contribution < -0.4 is 0 Å². The number of rotatable bonds is 6. The van der Waals surface area contributed by atoms with Crippen molar-refractivity contribution in [1.29, 1.82) is 0 Å². The van der Waals surface area contributed by atoms with Crippen molar-refractivity contribution in [2.24, 2.45) is 11.8 Å². The number of thiophene rings is 1. The van der Waals surface area contributed by atoms with Gasteiger partial charge in [0.2, 0.25) is 0 Å². The van der Waals surface area contributed by atoms with Gasteiger partial charge >= 0.3 is 0 Å². The van der Waals surface area contributed by atoms with Crippen molar-refractivity contribution < 1.29 is 4.79 Å². The van der Waals surface area contributed by atoms with E-state index in [1.54, 1.807) is 11.3 Å². The molecule has 1 aromatic rings. The Labute approximate surface area is 115 Å². The van der Waals surface area contributed by atoms with Crippen LogP contribution in [0.3, 0.4) is 0 Å². The van der Waals surface area contributed by atoms with Crippen LogP contribution in [0.5, 0.6) is 0 Å². The van der Waals surface area contributed by atoms with E-state index >= 15 is 0 Å². The molecule has 0 amide bonds. The highest BCUT2D eigenvalue weighted by Gasteiger charge is 2.24. The lowest BCUT2D eigenvalue weighted by atomic mass is 9.78. The number of aryl methyl sites for hydroxylation is 1. The highest BCUT2D eigenvalue weighted by atomic mass is 32.1. The van der Waals surface area contributed by atoms with E-state index < -0.39 is 0 Å². The van der Waals surface area contributed by atoms with E-state index in [-0.39, 0.29) is 0 Å². The number of ketones is 1. The topological polar surface area (TPSA) is 17.1 Å². The predicted molar refractivity (Wildman–Crippen MR) is 78.0 cm³/mol. The molecule has 1 aliphatic carbocycles. The van der Waals surface area contributed by atoms with Gasteiger partial charge in [-0.3, -0.25) is 4.79 Å². The Morgan fingerprint density at radius 2 is 2.11 bits per heavy atom. The van der Waals surface area contributed by atoms with Crippen LogP contribution in [0.4, 0.5) is 0 Å². The Bertz CT molecular complexity index is 347. The summed E-state index contributed by atoms with van der Waals surface area (Å²) < 4.78 is 0. The zero-order valence-corrected chi connectivity index (χ0v) is 12.2. The summed E-state index contributed by atoms with van der Waals surface area (Å²) in [4.78, 5) is 13.5. The first kappa shape index (κ1) is 13.8. The van der Waals surface area contributed by atoms with Crippen molar-refractivity contribution >= 4 is 17.1 Å². The summed E-state index contributed by atoms with van der Waals surface area (Å²) in [5.74, 6) is 1.80. The molecule has 0 aromatic carbocycles. The second-order valence-corrected chi connectivity index (χ2v) is 6.56. The Hall–Kier alpha value is -0.630. The second-order valence-electron chi connectivity index (χ2n) is 5.53. The van der Waals surface area contributed by atoms with E-state index in [1.807, 2.05) is 0 Å². The molecule has 1 aliphatic rings. The standard InChI is InChI=1S/C16H24OS/c1-2-13-8-10-14(11-9-13)16(17)7-3-5-15-6-4-12-18-15/h4,6,12-14H,2-3,5,7-11H2,1H3. The molecule has 0 aliphatic heterocycles. The zero-order valence-electron chi connectivity index (χ0n) is 11.4. The SMILES string of the molecule is CCC1CCC(C(=O)CCCc2cccs2)CC1. The first-order chi connectivity index (χ1) is 8.79. The van der Waals surface area contributed by atoms with Gasteiger partial charge in [0.1, 0.15) is 5.78 Å². The molecule has 18 heavy (non-hydrogen) atoms. The minimum absolute atomic E-state index is 0.385. The van der Waals surface area contributed by atoms with E-state index in [2.05, 4.69) is 24.4 Å². The maximum Gasteiger partial charge on any atom is 0.135 e. The third-order valence-electron chi connectivity index (χ3n) is 4.31. The molecule has 0 unspecified atom stereocenters. The van der Waals surface area contributed by atoms with Gasteiger partial charge in [0, 0.05) is 17.2 Å². The summed E-state index contributed by atoms with van der Waals surface area (Å²) in [5, 5.41) is 2.11. The molecule has 1 fully saturated rings. The summed E-state index contributed by atoms with van der Waals surface area (Å²) in [6.45, 7) is 2.27. The third-order valence-corrected chi connectivity index (χ3v) is 5.24. The molecular weight excluding hydrogens is 240 g/mol. The number of Topliss-reactive ketones (excluding diaryl/α,β-unsaturated/α-hetero) is 1. The van der Waals surface area contributed by atoms with Crippen LogP contribution >= 0.6 is 11.3 Å². The summed E-state index contributed by atoms with van der Waals surface area (Å²) in [6, 6.07) is 4.26. The van der Waals surface area contributed by atoms with Gasteiger partial charge in [0.15, 0.2) is 0 Å². The Morgan fingerprint density at radius 3 is 2.72 bits per heavy atom. The summed E-state index contributed by atoms with van der Waals surface area (Å²) in [7, 11) is 0. The van der Waals surface area contributed by atoms with Crippen molar-refractivity contribution in [2.75, 3.05) is 0 Å². The number of hydrogen-bond acceptors (Lipinski definition) is 2. The largest absolute Gasteiger partial charge is 0.299 e. The van der Waals surface area contributed by atoms with Gasteiger partial charge in [-0.25, -0.2) is 0 Å². The molecule has 0 bridgehead atoms. The van der Waals surface area contributed by atoms with Crippen molar-refractivity contribution in [1.82, 2.24) is 0 Å². The molecule has 2 heteroatoms. The molecule has 0 radical (unpaired) electrons. The Balaban J connectivity index is 1.66. The van der Waals surface area contributed by atoms with E-state index in [0.717, 1.165) is 38.0 Å². The first-order valence-corrected chi connectivity index (χ1v) is 8.22. The van der Waals surface area contributed by atoms with E-state index in [1.165, 1.54) is 24.1 Å². The fourth-order valence-corrected chi connectivity index (χ4v) is 3.74.